The molecule has 1 fully saturated rings. The minimum atomic E-state index is -1.16. The molecule has 3 rings (SSSR count). The van der Waals surface area contributed by atoms with E-state index in [0.29, 0.717) is 17.9 Å². The summed E-state index contributed by atoms with van der Waals surface area (Å²) in [6.45, 7) is 4.24. The van der Waals surface area contributed by atoms with Crippen LogP contribution < -0.4 is 5.73 Å². The number of amides is 2. The van der Waals surface area contributed by atoms with E-state index in [9.17, 15) is 9.59 Å². The molecule has 1 aliphatic heterocycles. The molecule has 2 aromatic rings. The molecule has 2 amide bonds. The van der Waals surface area contributed by atoms with Crippen molar-refractivity contribution in [2.75, 3.05) is 19.7 Å². The van der Waals surface area contributed by atoms with E-state index in [0.717, 1.165) is 10.9 Å². The summed E-state index contributed by atoms with van der Waals surface area (Å²) in [5.74, 6) is -0.522. The standard InChI is InChI=1S/C16H18N2O4/c1-10-11-5-3-4-6-12(11)22-13(10)14(19)18-7-8-21-16(2,9-18)15(17)20/h3-6H,7-9H2,1-2H3,(H2,17,20)/t16-/m1/s1. The zero-order valence-corrected chi connectivity index (χ0v) is 12.6. The Labute approximate surface area is 127 Å². The van der Waals surface area contributed by atoms with Crippen LogP contribution >= 0.6 is 0 Å². The number of hydrogen-bond donors (Lipinski definition) is 1. The molecule has 0 bridgehead atoms. The van der Waals surface area contributed by atoms with E-state index in [1.807, 2.05) is 31.2 Å². The molecule has 0 aliphatic carbocycles. The van der Waals surface area contributed by atoms with E-state index in [-0.39, 0.29) is 19.1 Å². The number of furan rings is 1. The number of aryl methyl sites for hydroxylation is 1. The Kier molecular flexibility index (Phi) is 3.41. The Morgan fingerprint density at radius 1 is 1.32 bits per heavy atom. The summed E-state index contributed by atoms with van der Waals surface area (Å²) in [5.41, 5.74) is 5.68. The highest BCUT2D eigenvalue weighted by Crippen LogP contribution is 2.27. The van der Waals surface area contributed by atoms with Gasteiger partial charge < -0.3 is 19.8 Å². The number of carbonyl (C=O) groups excluding carboxylic acids is 2. The van der Waals surface area contributed by atoms with Gasteiger partial charge in [0.2, 0.25) is 0 Å². The van der Waals surface area contributed by atoms with Crippen molar-refractivity contribution in [3.8, 4) is 0 Å². The SMILES string of the molecule is Cc1c(C(=O)N2CCO[C@@](C)(C(N)=O)C2)oc2ccccc12. The van der Waals surface area contributed by atoms with Gasteiger partial charge in [0, 0.05) is 17.5 Å². The average molecular weight is 302 g/mol. The van der Waals surface area contributed by atoms with Crippen LogP contribution in [-0.2, 0) is 9.53 Å². The van der Waals surface area contributed by atoms with Gasteiger partial charge in [0.15, 0.2) is 11.4 Å². The van der Waals surface area contributed by atoms with Crippen LogP contribution in [0.5, 0.6) is 0 Å². The molecule has 1 aromatic heterocycles. The number of fused-ring (bicyclic) bond motifs is 1. The van der Waals surface area contributed by atoms with E-state index < -0.39 is 11.5 Å². The third kappa shape index (κ3) is 2.25. The lowest BCUT2D eigenvalue weighted by Crippen LogP contribution is -2.58. The number of primary amides is 1. The normalized spacial score (nSPS) is 22.0. The molecule has 0 spiro atoms. The second-order valence-corrected chi connectivity index (χ2v) is 5.72. The van der Waals surface area contributed by atoms with Crippen LogP contribution in [0.1, 0.15) is 23.0 Å². The molecule has 22 heavy (non-hydrogen) atoms. The van der Waals surface area contributed by atoms with Crippen molar-refractivity contribution in [1.29, 1.82) is 0 Å². The number of benzene rings is 1. The number of nitrogens with two attached hydrogens (primary N) is 1. The first kappa shape index (κ1) is 14.6. The minimum Gasteiger partial charge on any atom is -0.451 e. The molecule has 1 atom stereocenters. The fraction of sp³-hybridized carbons (Fsp3) is 0.375. The Morgan fingerprint density at radius 3 is 2.73 bits per heavy atom. The Morgan fingerprint density at radius 2 is 2.05 bits per heavy atom. The summed E-state index contributed by atoms with van der Waals surface area (Å²) in [6.07, 6.45) is 0. The van der Waals surface area contributed by atoms with Gasteiger partial charge in [0.1, 0.15) is 5.58 Å². The maximum absolute atomic E-state index is 12.7. The topological polar surface area (TPSA) is 85.8 Å². The van der Waals surface area contributed by atoms with E-state index in [2.05, 4.69) is 0 Å². The van der Waals surface area contributed by atoms with Crippen LogP contribution in [0.4, 0.5) is 0 Å². The molecule has 0 radical (unpaired) electrons. The van der Waals surface area contributed by atoms with Crippen LogP contribution in [0.3, 0.4) is 0 Å². The van der Waals surface area contributed by atoms with Crippen molar-refractivity contribution in [3.05, 3.63) is 35.6 Å². The first-order valence-corrected chi connectivity index (χ1v) is 7.13. The largest absolute Gasteiger partial charge is 0.451 e. The van der Waals surface area contributed by atoms with E-state index >= 15 is 0 Å². The van der Waals surface area contributed by atoms with Crippen molar-refractivity contribution in [2.45, 2.75) is 19.4 Å². The van der Waals surface area contributed by atoms with Gasteiger partial charge in [-0.3, -0.25) is 9.59 Å². The van der Waals surface area contributed by atoms with Crippen LogP contribution in [0.2, 0.25) is 0 Å². The number of para-hydroxylation sites is 1. The third-order valence-electron chi connectivity index (χ3n) is 4.12. The van der Waals surface area contributed by atoms with Gasteiger partial charge in [0.05, 0.1) is 13.2 Å². The fourth-order valence-corrected chi connectivity index (χ4v) is 2.71. The number of nitrogens with zero attached hydrogens (tertiary/aromatic N) is 1. The second-order valence-electron chi connectivity index (χ2n) is 5.72. The summed E-state index contributed by atoms with van der Waals surface area (Å²) in [7, 11) is 0. The van der Waals surface area contributed by atoms with Crippen molar-refractivity contribution in [2.24, 2.45) is 5.73 Å². The maximum atomic E-state index is 12.7. The smallest absolute Gasteiger partial charge is 0.290 e. The van der Waals surface area contributed by atoms with E-state index in [1.54, 1.807) is 11.8 Å². The Hall–Kier alpha value is -2.34. The Bertz CT molecular complexity index is 752. The molecule has 2 heterocycles. The monoisotopic (exact) mass is 302 g/mol. The molecule has 6 heteroatoms. The molecular weight excluding hydrogens is 284 g/mol. The number of rotatable bonds is 2. The number of ether oxygens (including phenoxy) is 1. The molecule has 0 saturated carbocycles. The quantitative estimate of drug-likeness (QED) is 0.910. The highest BCUT2D eigenvalue weighted by molar-refractivity contribution is 5.99. The Balaban J connectivity index is 1.92. The average Bonchev–Trinajstić information content (AvgIpc) is 2.84. The van der Waals surface area contributed by atoms with Gasteiger partial charge in [-0.15, -0.1) is 0 Å². The molecule has 2 N–H and O–H groups in total. The first-order valence-electron chi connectivity index (χ1n) is 7.13. The van der Waals surface area contributed by atoms with Gasteiger partial charge >= 0.3 is 0 Å². The van der Waals surface area contributed by atoms with Gasteiger partial charge in [-0.2, -0.15) is 0 Å². The summed E-state index contributed by atoms with van der Waals surface area (Å²) in [6, 6.07) is 7.50. The second kappa shape index (κ2) is 5.14. The minimum absolute atomic E-state index is 0.123. The number of morpholine rings is 1. The summed E-state index contributed by atoms with van der Waals surface area (Å²) < 4.78 is 11.1. The molecule has 1 aliphatic rings. The van der Waals surface area contributed by atoms with E-state index in [1.165, 1.54) is 0 Å². The zero-order valence-electron chi connectivity index (χ0n) is 12.6. The highest BCUT2D eigenvalue weighted by Gasteiger charge is 2.40. The summed E-state index contributed by atoms with van der Waals surface area (Å²) >= 11 is 0. The van der Waals surface area contributed by atoms with Crippen LogP contribution in [0, 0.1) is 6.92 Å². The van der Waals surface area contributed by atoms with Gasteiger partial charge in [-0.05, 0) is 19.9 Å². The molecule has 0 unspecified atom stereocenters. The van der Waals surface area contributed by atoms with Crippen LogP contribution in [0.15, 0.2) is 28.7 Å². The number of carbonyl (C=O) groups is 2. The summed E-state index contributed by atoms with van der Waals surface area (Å²) in [5, 5.41) is 0.914. The molecule has 1 aromatic carbocycles. The number of hydrogen-bond acceptors (Lipinski definition) is 4. The fourth-order valence-electron chi connectivity index (χ4n) is 2.71. The third-order valence-corrected chi connectivity index (χ3v) is 4.12. The van der Waals surface area contributed by atoms with Crippen LogP contribution in [-0.4, -0.2) is 42.0 Å². The lowest BCUT2D eigenvalue weighted by atomic mass is 10.0. The molecule has 1 saturated heterocycles. The van der Waals surface area contributed by atoms with E-state index in [4.69, 9.17) is 14.9 Å². The molecule has 116 valence electrons. The first-order chi connectivity index (χ1) is 10.4. The van der Waals surface area contributed by atoms with Crippen molar-refractivity contribution in [1.82, 2.24) is 4.90 Å². The molecule has 6 nitrogen and oxygen atoms in total. The van der Waals surface area contributed by atoms with Gasteiger partial charge in [0.25, 0.3) is 11.8 Å². The van der Waals surface area contributed by atoms with Gasteiger partial charge in [-0.25, -0.2) is 0 Å². The summed E-state index contributed by atoms with van der Waals surface area (Å²) in [4.78, 5) is 25.8. The predicted octanol–water partition coefficient (Wildman–Crippen LogP) is 1.46. The van der Waals surface area contributed by atoms with Crippen molar-refractivity contribution in [3.63, 3.8) is 0 Å². The van der Waals surface area contributed by atoms with Gasteiger partial charge in [-0.1, -0.05) is 18.2 Å². The highest BCUT2D eigenvalue weighted by atomic mass is 16.5. The lowest BCUT2D eigenvalue weighted by Gasteiger charge is -2.37. The van der Waals surface area contributed by atoms with Crippen LogP contribution in [0.25, 0.3) is 11.0 Å². The maximum Gasteiger partial charge on any atom is 0.290 e. The van der Waals surface area contributed by atoms with Crippen molar-refractivity contribution < 1.29 is 18.7 Å². The zero-order chi connectivity index (χ0) is 15.9. The molecular formula is C16H18N2O4. The lowest BCUT2D eigenvalue weighted by molar-refractivity contribution is -0.150. The van der Waals surface area contributed by atoms with Crippen molar-refractivity contribution >= 4 is 22.8 Å². The predicted molar refractivity (Wildman–Crippen MR) is 80.4 cm³/mol.